The molecule has 0 N–H and O–H groups in total. The molecule has 2 heterocycles. The predicted molar refractivity (Wildman–Crippen MR) is 105 cm³/mol. The van der Waals surface area contributed by atoms with Crippen LogP contribution in [0.3, 0.4) is 0 Å². The SMILES string of the molecule is Cc1ccc2oc(=O)n(CC(=O)N(C)CCn3ccc4ccccc43)c2c1. The zero-order valence-corrected chi connectivity index (χ0v) is 15.4. The number of aryl methyl sites for hydroxylation is 1. The molecular weight excluding hydrogens is 342 g/mol. The molecule has 0 radical (unpaired) electrons. The van der Waals surface area contributed by atoms with Crippen molar-refractivity contribution in [3.05, 3.63) is 70.8 Å². The van der Waals surface area contributed by atoms with Crippen LogP contribution in [0.2, 0.25) is 0 Å². The number of rotatable bonds is 5. The molecule has 2 aromatic carbocycles. The van der Waals surface area contributed by atoms with Gasteiger partial charge in [-0.3, -0.25) is 9.36 Å². The maximum absolute atomic E-state index is 12.6. The van der Waals surface area contributed by atoms with Crippen molar-refractivity contribution in [1.82, 2.24) is 14.0 Å². The Hall–Kier alpha value is -3.28. The van der Waals surface area contributed by atoms with Gasteiger partial charge in [0.2, 0.25) is 5.91 Å². The fourth-order valence-electron chi connectivity index (χ4n) is 3.30. The van der Waals surface area contributed by atoms with E-state index in [2.05, 4.69) is 22.8 Å². The maximum Gasteiger partial charge on any atom is 0.420 e. The minimum absolute atomic E-state index is 0.0296. The highest BCUT2D eigenvalue weighted by Gasteiger charge is 2.16. The van der Waals surface area contributed by atoms with Crippen LogP contribution in [0.5, 0.6) is 0 Å². The van der Waals surface area contributed by atoms with E-state index in [1.165, 1.54) is 9.95 Å². The first-order valence-electron chi connectivity index (χ1n) is 8.91. The van der Waals surface area contributed by atoms with E-state index in [0.29, 0.717) is 24.2 Å². The number of oxazole rings is 1. The summed E-state index contributed by atoms with van der Waals surface area (Å²) in [5.41, 5.74) is 3.31. The molecule has 0 saturated heterocycles. The number of amides is 1. The van der Waals surface area contributed by atoms with E-state index in [0.717, 1.165) is 11.1 Å². The summed E-state index contributed by atoms with van der Waals surface area (Å²) in [6.45, 7) is 3.16. The van der Waals surface area contributed by atoms with Crippen molar-refractivity contribution in [2.75, 3.05) is 13.6 Å². The predicted octanol–water partition coefficient (Wildman–Crippen LogP) is 3.02. The summed E-state index contributed by atoms with van der Waals surface area (Å²) in [4.78, 5) is 26.4. The van der Waals surface area contributed by atoms with Gasteiger partial charge in [0.05, 0.1) is 5.52 Å². The fraction of sp³-hybridized carbons (Fsp3) is 0.238. The lowest BCUT2D eigenvalue weighted by Crippen LogP contribution is -2.34. The summed E-state index contributed by atoms with van der Waals surface area (Å²) < 4.78 is 8.76. The Morgan fingerprint density at radius 1 is 1.11 bits per heavy atom. The van der Waals surface area contributed by atoms with Crippen LogP contribution in [0, 0.1) is 6.92 Å². The number of hydrogen-bond acceptors (Lipinski definition) is 3. The fourth-order valence-corrected chi connectivity index (χ4v) is 3.30. The van der Waals surface area contributed by atoms with Gasteiger partial charge in [0.15, 0.2) is 5.58 Å². The molecule has 0 atom stereocenters. The molecular formula is C21H21N3O3. The van der Waals surface area contributed by atoms with Gasteiger partial charge in [0.1, 0.15) is 6.54 Å². The van der Waals surface area contributed by atoms with Crippen molar-refractivity contribution in [2.45, 2.75) is 20.0 Å². The first-order valence-corrected chi connectivity index (χ1v) is 8.91. The Labute approximate surface area is 156 Å². The third-order valence-corrected chi connectivity index (χ3v) is 4.90. The molecule has 0 aliphatic rings. The van der Waals surface area contributed by atoms with Crippen molar-refractivity contribution < 1.29 is 9.21 Å². The second-order valence-electron chi connectivity index (χ2n) is 6.81. The van der Waals surface area contributed by atoms with Crippen molar-refractivity contribution in [3.63, 3.8) is 0 Å². The van der Waals surface area contributed by atoms with Crippen molar-refractivity contribution >= 4 is 27.9 Å². The van der Waals surface area contributed by atoms with Crippen LogP contribution in [-0.4, -0.2) is 33.5 Å². The number of likely N-dealkylation sites (N-methyl/N-ethyl adjacent to an activating group) is 1. The smallest absolute Gasteiger partial charge is 0.408 e. The monoisotopic (exact) mass is 363 g/mol. The van der Waals surface area contributed by atoms with Gasteiger partial charge in [-0.05, 0) is 42.1 Å². The number of para-hydroxylation sites is 1. The van der Waals surface area contributed by atoms with Gasteiger partial charge in [-0.2, -0.15) is 0 Å². The van der Waals surface area contributed by atoms with E-state index in [4.69, 9.17) is 4.42 Å². The first-order chi connectivity index (χ1) is 13.0. The second-order valence-corrected chi connectivity index (χ2v) is 6.81. The zero-order valence-electron chi connectivity index (χ0n) is 15.4. The number of hydrogen-bond donors (Lipinski definition) is 0. The summed E-state index contributed by atoms with van der Waals surface area (Å²) in [5.74, 6) is -0.633. The minimum Gasteiger partial charge on any atom is -0.408 e. The molecule has 2 aromatic heterocycles. The van der Waals surface area contributed by atoms with Crippen LogP contribution in [0.25, 0.3) is 22.0 Å². The number of nitrogens with zero attached hydrogens (tertiary/aromatic N) is 3. The van der Waals surface area contributed by atoms with Gasteiger partial charge in [-0.25, -0.2) is 4.79 Å². The third-order valence-electron chi connectivity index (χ3n) is 4.90. The van der Waals surface area contributed by atoms with Crippen LogP contribution >= 0.6 is 0 Å². The molecule has 0 bridgehead atoms. The molecule has 0 aliphatic carbocycles. The topological polar surface area (TPSA) is 60.4 Å². The Morgan fingerprint density at radius 2 is 1.93 bits per heavy atom. The second kappa shape index (κ2) is 6.79. The molecule has 0 unspecified atom stereocenters. The van der Waals surface area contributed by atoms with Gasteiger partial charge in [-0.1, -0.05) is 24.3 Å². The lowest BCUT2D eigenvalue weighted by molar-refractivity contribution is -0.130. The molecule has 27 heavy (non-hydrogen) atoms. The van der Waals surface area contributed by atoms with E-state index in [-0.39, 0.29) is 12.5 Å². The number of benzene rings is 2. The highest BCUT2D eigenvalue weighted by atomic mass is 16.4. The van der Waals surface area contributed by atoms with E-state index in [1.54, 1.807) is 18.0 Å². The van der Waals surface area contributed by atoms with Crippen LogP contribution in [0.4, 0.5) is 0 Å². The van der Waals surface area contributed by atoms with Crippen LogP contribution in [0.15, 0.2) is 63.9 Å². The van der Waals surface area contributed by atoms with Crippen LogP contribution in [-0.2, 0) is 17.9 Å². The molecule has 0 fully saturated rings. The van der Waals surface area contributed by atoms with Gasteiger partial charge < -0.3 is 13.9 Å². The highest BCUT2D eigenvalue weighted by Crippen LogP contribution is 2.16. The molecule has 6 heteroatoms. The van der Waals surface area contributed by atoms with Crippen LogP contribution in [0.1, 0.15) is 5.56 Å². The highest BCUT2D eigenvalue weighted by molar-refractivity contribution is 5.81. The van der Waals surface area contributed by atoms with Gasteiger partial charge in [0.25, 0.3) is 0 Å². The van der Waals surface area contributed by atoms with E-state index in [1.807, 2.05) is 37.4 Å². The minimum atomic E-state index is -0.506. The number of carbonyl (C=O) groups excluding carboxylic acids is 1. The zero-order chi connectivity index (χ0) is 19.0. The Balaban J connectivity index is 1.48. The number of fused-ring (bicyclic) bond motifs is 2. The summed E-state index contributed by atoms with van der Waals surface area (Å²) in [6, 6.07) is 15.7. The lowest BCUT2D eigenvalue weighted by Gasteiger charge is -2.18. The molecule has 1 amide bonds. The Bertz CT molecular complexity index is 1180. The summed E-state index contributed by atoms with van der Waals surface area (Å²) in [6.07, 6.45) is 2.03. The van der Waals surface area contributed by atoms with Gasteiger partial charge in [0, 0.05) is 31.9 Å². The number of carbonyl (C=O) groups is 1. The molecule has 0 aliphatic heterocycles. The molecule has 0 spiro atoms. The average molecular weight is 363 g/mol. The Morgan fingerprint density at radius 3 is 2.78 bits per heavy atom. The van der Waals surface area contributed by atoms with Gasteiger partial charge >= 0.3 is 5.76 Å². The molecule has 6 nitrogen and oxygen atoms in total. The van der Waals surface area contributed by atoms with Crippen molar-refractivity contribution in [2.24, 2.45) is 0 Å². The molecule has 0 saturated carbocycles. The molecule has 4 aromatic rings. The normalized spacial score (nSPS) is 11.3. The number of aromatic nitrogens is 2. The Kier molecular flexibility index (Phi) is 4.32. The quantitative estimate of drug-likeness (QED) is 0.548. The molecule has 4 rings (SSSR count). The van der Waals surface area contributed by atoms with Crippen LogP contribution < -0.4 is 5.76 Å². The summed E-state index contributed by atoms with van der Waals surface area (Å²) in [7, 11) is 1.76. The average Bonchev–Trinajstić information content (AvgIpc) is 3.21. The van der Waals surface area contributed by atoms with Gasteiger partial charge in [-0.15, -0.1) is 0 Å². The van der Waals surface area contributed by atoms with E-state index >= 15 is 0 Å². The molecule has 138 valence electrons. The third kappa shape index (κ3) is 3.26. The lowest BCUT2D eigenvalue weighted by atomic mass is 10.2. The van der Waals surface area contributed by atoms with Crippen molar-refractivity contribution in [1.29, 1.82) is 0 Å². The summed E-state index contributed by atoms with van der Waals surface area (Å²) in [5, 5.41) is 1.18. The van der Waals surface area contributed by atoms with E-state index in [9.17, 15) is 9.59 Å². The van der Waals surface area contributed by atoms with Crippen molar-refractivity contribution in [3.8, 4) is 0 Å². The van der Waals surface area contributed by atoms with E-state index < -0.39 is 5.76 Å². The standard InChI is InChI=1S/C21H21N3O3/c1-15-7-8-19-18(13-15)24(21(26)27-19)14-20(25)22(2)11-12-23-10-9-16-5-3-4-6-17(16)23/h3-10,13H,11-12,14H2,1-2H3. The largest absolute Gasteiger partial charge is 0.420 e. The summed E-state index contributed by atoms with van der Waals surface area (Å²) >= 11 is 0. The maximum atomic E-state index is 12.6. The first kappa shape index (κ1) is 17.1.